The van der Waals surface area contributed by atoms with Gasteiger partial charge in [0.15, 0.2) is 6.10 Å². The third-order valence-electron chi connectivity index (χ3n) is 5.84. The van der Waals surface area contributed by atoms with Gasteiger partial charge in [-0.25, -0.2) is 0 Å². The molecule has 1 saturated carbocycles. The van der Waals surface area contributed by atoms with Crippen molar-refractivity contribution >= 4 is 27.7 Å². The van der Waals surface area contributed by atoms with E-state index in [1.807, 2.05) is 48.5 Å². The van der Waals surface area contributed by atoms with Crippen molar-refractivity contribution in [3.63, 3.8) is 0 Å². The van der Waals surface area contributed by atoms with E-state index in [4.69, 9.17) is 4.84 Å². The summed E-state index contributed by atoms with van der Waals surface area (Å²) in [5, 5.41) is 4.39. The fourth-order valence-electron chi connectivity index (χ4n) is 4.05. The van der Waals surface area contributed by atoms with Crippen LogP contribution >= 0.6 is 22.0 Å². The molecule has 0 bridgehead atoms. The van der Waals surface area contributed by atoms with Gasteiger partial charge in [0.25, 0.3) is 0 Å². The normalized spacial score (nSPS) is 21.2. The Morgan fingerprint density at radius 3 is 1.94 bits per heavy atom. The molecule has 0 N–H and O–H groups in total. The predicted molar refractivity (Wildman–Crippen MR) is 172 cm³/mol. The van der Waals surface area contributed by atoms with Crippen LogP contribution in [0.5, 0.6) is 0 Å². The van der Waals surface area contributed by atoms with Crippen LogP contribution in [0.2, 0.25) is 0 Å². The van der Waals surface area contributed by atoms with E-state index in [0.717, 1.165) is 23.8 Å². The zero-order valence-corrected chi connectivity index (χ0v) is 27.3. The molecule has 2 aliphatic rings. The van der Waals surface area contributed by atoms with Crippen LogP contribution in [0.25, 0.3) is 0 Å². The Morgan fingerprint density at radius 2 is 1.54 bits per heavy atom. The highest BCUT2D eigenvalue weighted by Gasteiger charge is 2.29. The Labute approximate surface area is 230 Å². The molecular formula is C30H63N2OPS. The largest absolute Gasteiger partial charge is 0.387 e. The van der Waals surface area contributed by atoms with Crippen molar-refractivity contribution in [2.45, 2.75) is 113 Å². The zero-order valence-electron chi connectivity index (χ0n) is 25.3. The van der Waals surface area contributed by atoms with Crippen molar-refractivity contribution in [3.05, 3.63) is 37.5 Å². The minimum Gasteiger partial charge on any atom is -0.387 e. The summed E-state index contributed by atoms with van der Waals surface area (Å²) in [4.78, 5) is 5.57. The molecule has 1 heterocycles. The van der Waals surface area contributed by atoms with Crippen LogP contribution in [-0.2, 0) is 4.84 Å². The van der Waals surface area contributed by atoms with Crippen molar-refractivity contribution in [1.82, 2.24) is 4.67 Å². The molecule has 2 rings (SSSR count). The first-order valence-electron chi connectivity index (χ1n) is 13.9. The maximum Gasteiger partial charge on any atom is 0.157 e. The highest BCUT2D eigenvalue weighted by molar-refractivity contribution is 7.79. The average Bonchev–Trinajstić information content (AvgIpc) is 3.37. The van der Waals surface area contributed by atoms with E-state index in [-0.39, 0.29) is 6.10 Å². The van der Waals surface area contributed by atoms with Gasteiger partial charge in [0.05, 0.1) is 5.71 Å². The molecule has 1 aliphatic carbocycles. The quantitative estimate of drug-likeness (QED) is 0.153. The SMILES string of the molecule is C=CC.C=CC(=C)C1CC(C2CCCC(C(C)CCN(C)P)CCC2)=NO1.CC.CC.CC.CS. The first-order valence-corrected chi connectivity index (χ1v) is 15.3. The van der Waals surface area contributed by atoms with E-state index in [2.05, 4.69) is 65.6 Å². The average molecular weight is 531 g/mol. The molecule has 5 heteroatoms. The summed E-state index contributed by atoms with van der Waals surface area (Å²) in [6, 6.07) is 0. The van der Waals surface area contributed by atoms with E-state index in [1.165, 1.54) is 57.2 Å². The number of allylic oxidation sites excluding steroid dienone is 1. The fourth-order valence-corrected chi connectivity index (χ4v) is 4.20. The molecule has 0 saturated heterocycles. The summed E-state index contributed by atoms with van der Waals surface area (Å²) < 4.78 is 2.22. The smallest absolute Gasteiger partial charge is 0.157 e. The molecule has 1 aliphatic heterocycles. The van der Waals surface area contributed by atoms with E-state index >= 15 is 0 Å². The standard InChI is InChI=1S/C20H35N2OP.C3H6.3C2H6.CH4S/c1-5-15(2)20-14-19(21-23-20)18-10-6-8-17(9-7-11-18)16(3)12-13-22(4)24;1-3-2;4*1-2/h5,16-18,20H,1-2,6-14,24H2,3-4H3;3H,1H2,2H3;3*1-2H3;2H,1H3. The molecule has 0 amide bonds. The third-order valence-corrected chi connectivity index (χ3v) is 6.09. The molecule has 210 valence electrons. The van der Waals surface area contributed by atoms with Crippen molar-refractivity contribution < 1.29 is 4.84 Å². The summed E-state index contributed by atoms with van der Waals surface area (Å²) in [6.07, 6.45) is 15.4. The molecule has 3 nitrogen and oxygen atoms in total. The molecule has 0 aromatic heterocycles. The molecule has 1 fully saturated rings. The van der Waals surface area contributed by atoms with Gasteiger partial charge in [-0.3, -0.25) is 4.67 Å². The Hall–Kier alpha value is -0.570. The Bertz CT molecular complexity index is 499. The predicted octanol–water partition coefficient (Wildman–Crippen LogP) is 10.0. The molecule has 3 atom stereocenters. The summed E-state index contributed by atoms with van der Waals surface area (Å²) in [6.45, 7) is 28.7. The second kappa shape index (κ2) is 31.5. The van der Waals surface area contributed by atoms with Gasteiger partial charge in [0, 0.05) is 18.9 Å². The first kappa shape index (κ1) is 41.6. The van der Waals surface area contributed by atoms with E-state index in [0.29, 0.717) is 5.92 Å². The summed E-state index contributed by atoms with van der Waals surface area (Å²) >= 11 is 3.53. The highest BCUT2D eigenvalue weighted by atomic mass is 32.1. The van der Waals surface area contributed by atoms with Gasteiger partial charge in [-0.15, -0.1) is 6.58 Å². The number of nitrogens with zero attached hydrogens (tertiary/aromatic N) is 2. The van der Waals surface area contributed by atoms with E-state index < -0.39 is 0 Å². The summed E-state index contributed by atoms with van der Waals surface area (Å²) in [5.74, 6) is 2.34. The lowest BCUT2D eigenvalue weighted by Crippen LogP contribution is -2.22. The van der Waals surface area contributed by atoms with Gasteiger partial charge in [-0.05, 0) is 56.9 Å². The molecule has 0 radical (unpaired) electrons. The lowest BCUT2D eigenvalue weighted by Gasteiger charge is -2.29. The molecule has 3 unspecified atom stereocenters. The van der Waals surface area contributed by atoms with Gasteiger partial charge in [0.2, 0.25) is 0 Å². The van der Waals surface area contributed by atoms with Crippen molar-refractivity contribution in [2.24, 2.45) is 22.9 Å². The highest BCUT2D eigenvalue weighted by Crippen LogP contribution is 2.34. The Kier molecular flexibility index (Phi) is 37.4. The van der Waals surface area contributed by atoms with Crippen LogP contribution < -0.4 is 0 Å². The maximum atomic E-state index is 5.57. The number of oxime groups is 1. The van der Waals surface area contributed by atoms with Crippen LogP contribution in [0, 0.1) is 17.8 Å². The van der Waals surface area contributed by atoms with Gasteiger partial charge in [-0.1, -0.05) is 114 Å². The van der Waals surface area contributed by atoms with Crippen molar-refractivity contribution in [3.8, 4) is 0 Å². The fraction of sp³-hybridized carbons (Fsp3) is 0.767. The summed E-state index contributed by atoms with van der Waals surface area (Å²) in [7, 11) is 4.91. The second-order valence-electron chi connectivity index (χ2n) is 8.13. The summed E-state index contributed by atoms with van der Waals surface area (Å²) in [5.41, 5.74) is 2.21. The zero-order chi connectivity index (χ0) is 28.2. The van der Waals surface area contributed by atoms with E-state index in [9.17, 15) is 0 Å². The number of rotatable bonds is 7. The van der Waals surface area contributed by atoms with Crippen molar-refractivity contribution in [2.75, 3.05) is 19.8 Å². The third kappa shape index (κ3) is 21.2. The molecule has 0 aromatic rings. The Balaban J connectivity index is -0.000000381. The molecular weight excluding hydrogens is 467 g/mol. The first-order chi connectivity index (χ1) is 16.9. The van der Waals surface area contributed by atoms with Crippen LogP contribution in [0.4, 0.5) is 0 Å². The minimum atomic E-state index is 0.0274. The van der Waals surface area contributed by atoms with Crippen LogP contribution in [0.15, 0.2) is 42.6 Å². The minimum absolute atomic E-state index is 0.0274. The van der Waals surface area contributed by atoms with Gasteiger partial charge >= 0.3 is 0 Å². The molecule has 35 heavy (non-hydrogen) atoms. The van der Waals surface area contributed by atoms with Crippen LogP contribution in [0.1, 0.15) is 107 Å². The monoisotopic (exact) mass is 530 g/mol. The Morgan fingerprint density at radius 1 is 1.09 bits per heavy atom. The lowest BCUT2D eigenvalue weighted by atomic mass is 9.77. The number of hydrogen-bond donors (Lipinski definition) is 1. The van der Waals surface area contributed by atoms with Gasteiger partial charge in [0.1, 0.15) is 0 Å². The maximum absolute atomic E-state index is 5.57. The number of hydrogen-bond acceptors (Lipinski definition) is 4. The molecule has 0 aromatic carbocycles. The second-order valence-corrected chi connectivity index (χ2v) is 9.02. The van der Waals surface area contributed by atoms with Gasteiger partial charge < -0.3 is 4.84 Å². The number of thiol groups is 1. The van der Waals surface area contributed by atoms with Crippen LogP contribution in [0.3, 0.4) is 0 Å². The molecule has 0 spiro atoms. The van der Waals surface area contributed by atoms with Gasteiger partial charge in [-0.2, -0.15) is 12.6 Å². The van der Waals surface area contributed by atoms with Crippen LogP contribution in [-0.4, -0.2) is 36.3 Å². The topological polar surface area (TPSA) is 24.8 Å². The van der Waals surface area contributed by atoms with E-state index in [1.54, 1.807) is 18.4 Å². The van der Waals surface area contributed by atoms with Crippen molar-refractivity contribution in [1.29, 1.82) is 0 Å². The lowest BCUT2D eigenvalue weighted by molar-refractivity contribution is 0.114.